The molecule has 9 heavy (non-hydrogen) atoms. The van der Waals surface area contributed by atoms with Gasteiger partial charge in [0.05, 0.1) is 0 Å². The van der Waals surface area contributed by atoms with Crippen molar-refractivity contribution in [2.75, 3.05) is 0 Å². The van der Waals surface area contributed by atoms with Gasteiger partial charge in [-0.3, -0.25) is 4.57 Å². The summed E-state index contributed by atoms with van der Waals surface area (Å²) < 4.78 is 2.16. The molecule has 4 nitrogen and oxygen atoms in total. The third kappa shape index (κ3) is 0.853. The van der Waals surface area contributed by atoms with Crippen LogP contribution in [0.15, 0.2) is 4.79 Å². The Balaban J connectivity index is 3.48. The SMILES string of the molecule is Cc1nn(Cl)c(=O)n1C. The molecule has 1 rings (SSSR count). The summed E-state index contributed by atoms with van der Waals surface area (Å²) in [5.74, 6) is 0.606. The van der Waals surface area contributed by atoms with E-state index in [1.54, 1.807) is 14.0 Å². The summed E-state index contributed by atoms with van der Waals surface area (Å²) in [6.45, 7) is 1.71. The van der Waals surface area contributed by atoms with E-state index in [0.29, 0.717) is 5.82 Å². The maximum Gasteiger partial charge on any atom is 0.361 e. The Morgan fingerprint density at radius 1 is 1.67 bits per heavy atom. The van der Waals surface area contributed by atoms with Crippen molar-refractivity contribution in [1.82, 2.24) is 13.9 Å². The van der Waals surface area contributed by atoms with Gasteiger partial charge in [0.15, 0.2) is 0 Å². The highest BCUT2D eigenvalue weighted by molar-refractivity contribution is 6.14. The summed E-state index contributed by atoms with van der Waals surface area (Å²) in [7, 11) is 1.61. The zero-order valence-electron chi connectivity index (χ0n) is 5.13. The number of halogens is 1. The molecule has 0 saturated heterocycles. The van der Waals surface area contributed by atoms with E-state index in [0.717, 1.165) is 4.20 Å². The van der Waals surface area contributed by atoms with Crippen molar-refractivity contribution in [2.45, 2.75) is 6.92 Å². The fourth-order valence-corrected chi connectivity index (χ4v) is 0.722. The summed E-state index contributed by atoms with van der Waals surface area (Å²) in [6, 6.07) is 0. The quantitative estimate of drug-likeness (QED) is 0.514. The van der Waals surface area contributed by atoms with E-state index in [1.165, 1.54) is 4.57 Å². The van der Waals surface area contributed by atoms with E-state index in [2.05, 4.69) is 5.10 Å². The van der Waals surface area contributed by atoms with Crippen molar-refractivity contribution < 1.29 is 0 Å². The maximum atomic E-state index is 10.7. The molecule has 0 bridgehead atoms. The van der Waals surface area contributed by atoms with Gasteiger partial charge >= 0.3 is 5.69 Å². The first-order valence-electron chi connectivity index (χ1n) is 2.41. The Morgan fingerprint density at radius 3 is 2.33 bits per heavy atom. The molecule has 1 heterocycles. The predicted molar refractivity (Wildman–Crippen MR) is 33.5 cm³/mol. The molecule has 0 aliphatic carbocycles. The van der Waals surface area contributed by atoms with Gasteiger partial charge in [-0.05, 0) is 6.92 Å². The standard InChI is InChI=1S/C4H6ClN3O/c1-3-6-8(5)4(9)7(3)2/h1-2H3. The van der Waals surface area contributed by atoms with E-state index in [1.807, 2.05) is 0 Å². The molecule has 0 atom stereocenters. The Morgan fingerprint density at radius 2 is 2.22 bits per heavy atom. The van der Waals surface area contributed by atoms with E-state index in [-0.39, 0.29) is 5.69 Å². The van der Waals surface area contributed by atoms with Crippen molar-refractivity contribution in [1.29, 1.82) is 0 Å². The number of hydrogen-bond donors (Lipinski definition) is 0. The summed E-state index contributed by atoms with van der Waals surface area (Å²) in [4.78, 5) is 10.7. The van der Waals surface area contributed by atoms with Crippen LogP contribution in [0.3, 0.4) is 0 Å². The molecular weight excluding hydrogens is 142 g/mol. The fourth-order valence-electron chi connectivity index (χ4n) is 0.499. The summed E-state index contributed by atoms with van der Waals surface area (Å²) >= 11 is 5.31. The molecule has 50 valence electrons. The molecule has 0 unspecified atom stereocenters. The van der Waals surface area contributed by atoms with Crippen LogP contribution in [0, 0.1) is 6.92 Å². The molecule has 0 aliphatic heterocycles. The molecule has 5 heteroatoms. The van der Waals surface area contributed by atoms with E-state index >= 15 is 0 Å². The lowest BCUT2D eigenvalue weighted by Crippen LogP contribution is -2.17. The lowest BCUT2D eigenvalue weighted by molar-refractivity contribution is 0.820. The van der Waals surface area contributed by atoms with Gasteiger partial charge in [0.2, 0.25) is 0 Å². The van der Waals surface area contributed by atoms with Crippen molar-refractivity contribution in [3.05, 3.63) is 16.3 Å². The fraction of sp³-hybridized carbons (Fsp3) is 0.500. The number of aromatic nitrogens is 3. The van der Waals surface area contributed by atoms with Crippen LogP contribution in [-0.2, 0) is 7.05 Å². The minimum atomic E-state index is -0.311. The van der Waals surface area contributed by atoms with Crippen LogP contribution in [0.25, 0.3) is 0 Å². The smallest absolute Gasteiger partial charge is 0.281 e. The van der Waals surface area contributed by atoms with Gasteiger partial charge in [0, 0.05) is 18.8 Å². The second-order valence-corrected chi connectivity index (χ2v) is 2.07. The largest absolute Gasteiger partial charge is 0.361 e. The molecule has 0 fully saturated rings. The van der Waals surface area contributed by atoms with E-state index in [9.17, 15) is 4.79 Å². The third-order valence-corrected chi connectivity index (χ3v) is 1.38. The zero-order chi connectivity index (χ0) is 7.02. The van der Waals surface area contributed by atoms with Crippen LogP contribution in [-0.4, -0.2) is 13.9 Å². The minimum Gasteiger partial charge on any atom is -0.281 e. The van der Waals surface area contributed by atoms with Crippen LogP contribution in [0.4, 0.5) is 0 Å². The monoisotopic (exact) mass is 147 g/mol. The average molecular weight is 148 g/mol. The lowest BCUT2D eigenvalue weighted by Gasteiger charge is -1.83. The lowest BCUT2D eigenvalue weighted by atomic mass is 10.7. The van der Waals surface area contributed by atoms with Crippen molar-refractivity contribution in [3.63, 3.8) is 0 Å². The molecule has 0 N–H and O–H groups in total. The molecule has 1 aromatic rings. The number of nitrogens with zero attached hydrogens (tertiary/aromatic N) is 3. The van der Waals surface area contributed by atoms with Gasteiger partial charge < -0.3 is 0 Å². The van der Waals surface area contributed by atoms with Crippen molar-refractivity contribution in [3.8, 4) is 0 Å². The van der Waals surface area contributed by atoms with Crippen LogP contribution >= 0.6 is 11.8 Å². The van der Waals surface area contributed by atoms with Crippen molar-refractivity contribution >= 4 is 11.8 Å². The van der Waals surface area contributed by atoms with Gasteiger partial charge in [-0.2, -0.15) is 0 Å². The molecule has 1 aromatic heterocycles. The molecule has 0 aromatic carbocycles. The van der Waals surface area contributed by atoms with Gasteiger partial charge in [-0.25, -0.2) is 4.79 Å². The Bertz CT molecular complexity index is 274. The molecule has 0 aliphatic rings. The van der Waals surface area contributed by atoms with Crippen LogP contribution in [0.5, 0.6) is 0 Å². The molecule has 0 radical (unpaired) electrons. The first-order valence-corrected chi connectivity index (χ1v) is 2.75. The van der Waals surface area contributed by atoms with Gasteiger partial charge in [-0.1, -0.05) is 0 Å². The minimum absolute atomic E-state index is 0.311. The highest BCUT2D eigenvalue weighted by Crippen LogP contribution is 1.85. The van der Waals surface area contributed by atoms with Crippen molar-refractivity contribution in [2.24, 2.45) is 7.05 Å². The molecule has 0 amide bonds. The van der Waals surface area contributed by atoms with Gasteiger partial charge in [-0.15, -0.1) is 9.30 Å². The Labute approximate surface area is 56.8 Å². The maximum absolute atomic E-state index is 10.7. The molecule has 0 spiro atoms. The third-order valence-electron chi connectivity index (χ3n) is 1.16. The summed E-state index contributed by atoms with van der Waals surface area (Å²) in [6.07, 6.45) is 0. The number of rotatable bonds is 0. The van der Waals surface area contributed by atoms with Gasteiger partial charge in [0.25, 0.3) is 0 Å². The molecule has 0 saturated carbocycles. The number of hydrogen-bond acceptors (Lipinski definition) is 2. The van der Waals surface area contributed by atoms with Crippen LogP contribution in [0.2, 0.25) is 0 Å². The summed E-state index contributed by atoms with van der Waals surface area (Å²) in [5, 5.41) is 3.64. The topological polar surface area (TPSA) is 39.8 Å². The van der Waals surface area contributed by atoms with E-state index in [4.69, 9.17) is 11.8 Å². The van der Waals surface area contributed by atoms with E-state index < -0.39 is 0 Å². The normalized spacial score (nSPS) is 10.1. The predicted octanol–water partition coefficient (Wildman–Crippen LogP) is -0.108. The Hall–Kier alpha value is -0.770. The second-order valence-electron chi connectivity index (χ2n) is 1.75. The molecular formula is C4H6ClN3O. The van der Waals surface area contributed by atoms with Crippen LogP contribution < -0.4 is 5.69 Å². The first-order chi connectivity index (χ1) is 4.13. The van der Waals surface area contributed by atoms with Gasteiger partial charge in [0.1, 0.15) is 5.82 Å². The highest BCUT2D eigenvalue weighted by atomic mass is 35.5. The average Bonchev–Trinajstić information content (AvgIpc) is 1.98. The number of aryl methyl sites for hydroxylation is 1. The first kappa shape index (κ1) is 6.35. The summed E-state index contributed by atoms with van der Waals surface area (Å²) in [5.41, 5.74) is -0.311. The Kier molecular flexibility index (Phi) is 1.32. The zero-order valence-corrected chi connectivity index (χ0v) is 5.88. The van der Waals surface area contributed by atoms with Crippen LogP contribution in [0.1, 0.15) is 5.82 Å². The highest BCUT2D eigenvalue weighted by Gasteiger charge is 2.01. The second kappa shape index (κ2) is 1.88.